The highest BCUT2D eigenvalue weighted by molar-refractivity contribution is 4.68. The molecule has 58 valence electrons. The zero-order valence-electron chi connectivity index (χ0n) is 5.86. The smallest absolute Gasteiger partial charge is 0.166 e. The molecule has 0 bridgehead atoms. The molecule has 0 heterocycles. The van der Waals surface area contributed by atoms with Crippen LogP contribution in [0.2, 0.25) is 0 Å². The molecule has 1 aliphatic carbocycles. The van der Waals surface area contributed by atoms with Gasteiger partial charge in [-0.1, -0.05) is 19.3 Å². The largest absolute Gasteiger partial charge is 0.395 e. The monoisotopic (exact) mass is 144 g/mol. The lowest BCUT2D eigenvalue weighted by atomic mass is 9.96. The first-order chi connectivity index (χ1) is 4.79. The average Bonchev–Trinajstić information content (AvgIpc) is 1.88. The van der Waals surface area contributed by atoms with Gasteiger partial charge in [0.25, 0.3) is 0 Å². The summed E-state index contributed by atoms with van der Waals surface area (Å²) in [6, 6.07) is 0.0660. The molecule has 1 saturated carbocycles. The van der Waals surface area contributed by atoms with Gasteiger partial charge in [0.2, 0.25) is 0 Å². The molecule has 4 nitrogen and oxygen atoms in total. The topological polar surface area (TPSA) is 58.7 Å². The first kappa shape index (κ1) is 7.31. The molecule has 0 aromatic carbocycles. The van der Waals surface area contributed by atoms with Crippen molar-refractivity contribution >= 4 is 0 Å². The van der Waals surface area contributed by atoms with E-state index in [1.54, 1.807) is 0 Å². The zero-order valence-corrected chi connectivity index (χ0v) is 5.86. The van der Waals surface area contributed by atoms with Crippen LogP contribution in [-0.4, -0.2) is 16.3 Å². The molecule has 0 radical (unpaired) electrons. The molecule has 4 heteroatoms. The van der Waals surface area contributed by atoms with Crippen LogP contribution in [0.3, 0.4) is 0 Å². The fourth-order valence-electron chi connectivity index (χ4n) is 1.34. The van der Waals surface area contributed by atoms with Crippen LogP contribution in [0.1, 0.15) is 32.1 Å². The Kier molecular flexibility index (Phi) is 2.48. The number of hydrogen-bond acceptors (Lipinski definition) is 2. The zero-order chi connectivity index (χ0) is 7.40. The van der Waals surface area contributed by atoms with Crippen molar-refractivity contribution in [3.8, 4) is 0 Å². The minimum atomic E-state index is -0.310. The van der Waals surface area contributed by atoms with Crippen molar-refractivity contribution in [2.24, 2.45) is 5.11 Å². The van der Waals surface area contributed by atoms with Gasteiger partial charge in [0.05, 0.1) is 0 Å². The molecule has 0 amide bonds. The Labute approximate surface area is 59.7 Å². The standard InChI is InChI=1S/C6H12N2O2/c9-8(10)7-6-4-2-1-3-5-6/h6H,1-5H2,(H,7,9,10). The van der Waals surface area contributed by atoms with Gasteiger partial charge in [0.1, 0.15) is 6.04 Å². The fourth-order valence-corrected chi connectivity index (χ4v) is 1.34. The lowest BCUT2D eigenvalue weighted by Gasteiger charge is -2.12. The van der Waals surface area contributed by atoms with Crippen molar-refractivity contribution in [2.75, 3.05) is 0 Å². The Morgan fingerprint density at radius 3 is 2.40 bits per heavy atom. The van der Waals surface area contributed by atoms with Crippen LogP contribution in [0.15, 0.2) is 5.11 Å². The van der Waals surface area contributed by atoms with Crippen LogP contribution in [-0.2, 0) is 0 Å². The van der Waals surface area contributed by atoms with Crippen molar-refractivity contribution in [1.29, 1.82) is 0 Å². The molecule has 0 aliphatic heterocycles. The summed E-state index contributed by atoms with van der Waals surface area (Å²) in [5.74, 6) is 0. The molecular formula is C6H12N2O2. The first-order valence-corrected chi connectivity index (χ1v) is 3.66. The second kappa shape index (κ2) is 3.39. The Morgan fingerprint density at radius 1 is 1.30 bits per heavy atom. The van der Waals surface area contributed by atoms with Gasteiger partial charge >= 0.3 is 0 Å². The summed E-state index contributed by atoms with van der Waals surface area (Å²) in [5, 5.41) is 21.4. The molecule has 1 aliphatic rings. The van der Waals surface area contributed by atoms with Gasteiger partial charge in [-0.15, -0.1) is 0 Å². The summed E-state index contributed by atoms with van der Waals surface area (Å²) in [4.78, 5) is 0. The molecule has 0 saturated heterocycles. The number of rotatable bonds is 1. The van der Waals surface area contributed by atoms with Crippen LogP contribution in [0.5, 0.6) is 0 Å². The van der Waals surface area contributed by atoms with E-state index in [-0.39, 0.29) is 11.1 Å². The fraction of sp³-hybridized carbons (Fsp3) is 1.00. The van der Waals surface area contributed by atoms with Crippen molar-refractivity contribution in [2.45, 2.75) is 38.1 Å². The van der Waals surface area contributed by atoms with E-state index in [2.05, 4.69) is 5.11 Å². The predicted molar refractivity (Wildman–Crippen MR) is 34.7 cm³/mol. The highest BCUT2D eigenvalue weighted by Gasteiger charge is 2.15. The Morgan fingerprint density at radius 2 is 1.90 bits per heavy atom. The molecule has 1 fully saturated rings. The van der Waals surface area contributed by atoms with Gasteiger partial charge in [0.15, 0.2) is 5.02 Å². The quantitative estimate of drug-likeness (QED) is 0.449. The van der Waals surface area contributed by atoms with Gasteiger partial charge in [0, 0.05) is 5.11 Å². The maximum absolute atomic E-state index is 10.0. The van der Waals surface area contributed by atoms with Crippen molar-refractivity contribution in [3.05, 3.63) is 5.21 Å². The van der Waals surface area contributed by atoms with E-state index in [4.69, 9.17) is 5.21 Å². The third-order valence-electron chi connectivity index (χ3n) is 1.84. The van der Waals surface area contributed by atoms with Crippen molar-refractivity contribution in [1.82, 2.24) is 0 Å². The van der Waals surface area contributed by atoms with E-state index >= 15 is 0 Å². The molecule has 0 atom stereocenters. The second-order valence-electron chi connectivity index (χ2n) is 2.66. The number of hydrogen-bond donors (Lipinski definition) is 1. The number of nitrogens with zero attached hydrogens (tertiary/aromatic N) is 2. The summed E-state index contributed by atoms with van der Waals surface area (Å²) in [6.07, 6.45) is 5.37. The van der Waals surface area contributed by atoms with E-state index in [9.17, 15) is 5.21 Å². The molecular weight excluding hydrogens is 132 g/mol. The third-order valence-corrected chi connectivity index (χ3v) is 1.84. The maximum atomic E-state index is 10.0. The van der Waals surface area contributed by atoms with Crippen LogP contribution in [0.4, 0.5) is 0 Å². The van der Waals surface area contributed by atoms with Gasteiger partial charge in [-0.25, -0.2) is 5.21 Å². The average molecular weight is 144 g/mol. The van der Waals surface area contributed by atoms with E-state index in [1.165, 1.54) is 6.42 Å². The molecule has 0 aromatic heterocycles. The van der Waals surface area contributed by atoms with E-state index < -0.39 is 0 Å². The van der Waals surface area contributed by atoms with Crippen LogP contribution < -0.4 is 0 Å². The van der Waals surface area contributed by atoms with E-state index in [0.29, 0.717) is 0 Å². The lowest BCUT2D eigenvalue weighted by Crippen LogP contribution is -2.12. The first-order valence-electron chi connectivity index (χ1n) is 3.66. The second-order valence-corrected chi connectivity index (χ2v) is 2.66. The van der Waals surface area contributed by atoms with Crippen molar-refractivity contribution < 1.29 is 10.2 Å². The summed E-state index contributed by atoms with van der Waals surface area (Å²) >= 11 is 0. The van der Waals surface area contributed by atoms with Crippen molar-refractivity contribution in [3.63, 3.8) is 0 Å². The van der Waals surface area contributed by atoms with Gasteiger partial charge < -0.3 is 5.21 Å². The highest BCUT2D eigenvalue weighted by Crippen LogP contribution is 2.19. The molecule has 10 heavy (non-hydrogen) atoms. The summed E-state index contributed by atoms with van der Waals surface area (Å²) in [6.45, 7) is 0. The van der Waals surface area contributed by atoms with Crippen LogP contribution in [0.25, 0.3) is 0 Å². The van der Waals surface area contributed by atoms with E-state index in [0.717, 1.165) is 25.7 Å². The molecule has 0 aromatic rings. The minimum absolute atomic E-state index is 0.0660. The third kappa shape index (κ3) is 2.21. The molecule has 0 spiro atoms. The molecule has 0 unspecified atom stereocenters. The summed E-state index contributed by atoms with van der Waals surface area (Å²) in [7, 11) is 0. The minimum Gasteiger partial charge on any atom is -0.395 e. The lowest BCUT2D eigenvalue weighted by molar-refractivity contribution is -0.779. The van der Waals surface area contributed by atoms with Crippen LogP contribution >= 0.6 is 0 Å². The van der Waals surface area contributed by atoms with E-state index in [1.807, 2.05) is 0 Å². The van der Waals surface area contributed by atoms with Gasteiger partial charge in [-0.3, -0.25) is 0 Å². The maximum Gasteiger partial charge on any atom is 0.166 e. The highest BCUT2D eigenvalue weighted by atomic mass is 16.8. The Bertz CT molecular complexity index is 126. The predicted octanol–water partition coefficient (Wildman–Crippen LogP) is 1.67. The van der Waals surface area contributed by atoms with Crippen LogP contribution in [0, 0.1) is 5.21 Å². The van der Waals surface area contributed by atoms with Gasteiger partial charge in [-0.2, -0.15) is 0 Å². The van der Waals surface area contributed by atoms with Gasteiger partial charge in [-0.05, 0) is 12.8 Å². The SMILES string of the molecule is [O-]/[N+](O)=N\C1CCCCC1. The Hall–Kier alpha value is -0.800. The summed E-state index contributed by atoms with van der Waals surface area (Å²) in [5.41, 5.74) is 0. The normalized spacial score (nSPS) is 23.0. The Balaban J connectivity index is 2.33. The summed E-state index contributed by atoms with van der Waals surface area (Å²) < 4.78 is 0. The molecule has 1 rings (SSSR count). The molecule has 1 N–H and O–H groups in total.